The maximum atomic E-state index is 5.80. The molecule has 0 saturated heterocycles. The van der Waals surface area contributed by atoms with Gasteiger partial charge in [0.1, 0.15) is 5.69 Å². The van der Waals surface area contributed by atoms with Crippen LogP contribution in [0, 0.1) is 17.8 Å². The number of nitrogens with zero attached hydrogens (tertiary/aromatic N) is 2. The average molecular weight is 324 g/mol. The van der Waals surface area contributed by atoms with Crippen LogP contribution in [0.5, 0.6) is 0 Å². The molecule has 106 valence electrons. The van der Waals surface area contributed by atoms with Gasteiger partial charge in [-0.15, -0.1) is 37.2 Å². The topological polar surface area (TPSA) is 69.3 Å². The highest BCUT2D eigenvalue weighted by molar-refractivity contribution is 5.86. The summed E-state index contributed by atoms with van der Waals surface area (Å²) in [6.07, 6.45) is 3.62. The molecule has 2 aromatic rings. The molecule has 0 spiro atoms. The molecule has 0 amide bonds. The van der Waals surface area contributed by atoms with Crippen LogP contribution in [0.4, 0.5) is 5.69 Å². The Morgan fingerprint density at radius 3 is 2.68 bits per heavy atom. The van der Waals surface area contributed by atoms with Gasteiger partial charge in [0.05, 0.1) is 11.9 Å². The number of hydrogen-bond donors (Lipinski definition) is 2. The number of aromatic nitrogens is 2. The molecule has 0 saturated carbocycles. The van der Waals surface area contributed by atoms with E-state index >= 15 is 0 Å². The van der Waals surface area contributed by atoms with Crippen LogP contribution in [0.2, 0.25) is 0 Å². The molecule has 2 heterocycles. The van der Waals surface area contributed by atoms with Crippen molar-refractivity contribution in [1.82, 2.24) is 9.38 Å². The van der Waals surface area contributed by atoms with E-state index in [-0.39, 0.29) is 43.1 Å². The van der Waals surface area contributed by atoms with E-state index in [9.17, 15) is 0 Å². The fraction of sp³-hybridized carbons (Fsp3) is 0.250. The molecule has 0 aromatic carbocycles. The minimum Gasteiger partial charge on any atom is -0.396 e. The van der Waals surface area contributed by atoms with E-state index in [1.807, 2.05) is 29.7 Å². The SMILES string of the molecule is CC(C#Cc1cnc2c(N)cccn12)CN.Cl.Cl.Cl. The Hall–Kier alpha value is -1.12. The van der Waals surface area contributed by atoms with Gasteiger partial charge in [-0.1, -0.05) is 12.8 Å². The molecule has 0 aliphatic rings. The molecular weight excluding hydrogens is 307 g/mol. The third-order valence-corrected chi connectivity index (χ3v) is 2.37. The van der Waals surface area contributed by atoms with Crippen LogP contribution in [0.15, 0.2) is 24.5 Å². The summed E-state index contributed by atoms with van der Waals surface area (Å²) in [5, 5.41) is 0. The lowest BCUT2D eigenvalue weighted by Crippen LogP contribution is -2.08. The van der Waals surface area contributed by atoms with Gasteiger partial charge in [-0.3, -0.25) is 4.40 Å². The smallest absolute Gasteiger partial charge is 0.161 e. The summed E-state index contributed by atoms with van der Waals surface area (Å²) in [4.78, 5) is 4.23. The van der Waals surface area contributed by atoms with E-state index in [2.05, 4.69) is 16.8 Å². The monoisotopic (exact) mass is 322 g/mol. The molecule has 1 unspecified atom stereocenters. The van der Waals surface area contributed by atoms with Gasteiger partial charge in [-0.05, 0) is 18.1 Å². The lowest BCUT2D eigenvalue weighted by molar-refractivity contribution is 0.766. The van der Waals surface area contributed by atoms with Crippen molar-refractivity contribution < 1.29 is 0 Å². The molecule has 2 aromatic heterocycles. The van der Waals surface area contributed by atoms with Gasteiger partial charge in [0.15, 0.2) is 5.65 Å². The Morgan fingerprint density at radius 2 is 2.05 bits per heavy atom. The van der Waals surface area contributed by atoms with Crippen molar-refractivity contribution in [2.45, 2.75) is 6.92 Å². The zero-order valence-electron chi connectivity index (χ0n) is 10.4. The second-order valence-corrected chi connectivity index (χ2v) is 3.71. The number of halogens is 3. The van der Waals surface area contributed by atoms with E-state index in [1.54, 1.807) is 6.20 Å². The van der Waals surface area contributed by atoms with Gasteiger partial charge < -0.3 is 11.5 Å². The molecule has 2 rings (SSSR count). The molecule has 1 atom stereocenters. The molecule has 7 heteroatoms. The second kappa shape index (κ2) is 8.89. The van der Waals surface area contributed by atoms with Crippen LogP contribution in [0.3, 0.4) is 0 Å². The molecule has 0 fully saturated rings. The van der Waals surface area contributed by atoms with Crippen molar-refractivity contribution in [1.29, 1.82) is 0 Å². The lowest BCUT2D eigenvalue weighted by atomic mass is 10.2. The highest BCUT2D eigenvalue weighted by Gasteiger charge is 2.02. The van der Waals surface area contributed by atoms with Gasteiger partial charge >= 0.3 is 0 Å². The summed E-state index contributed by atoms with van der Waals surface area (Å²) >= 11 is 0. The summed E-state index contributed by atoms with van der Waals surface area (Å²) < 4.78 is 1.88. The fourth-order valence-corrected chi connectivity index (χ4v) is 1.38. The van der Waals surface area contributed by atoms with Crippen LogP contribution in [-0.4, -0.2) is 15.9 Å². The van der Waals surface area contributed by atoms with Crippen molar-refractivity contribution in [3.05, 3.63) is 30.2 Å². The molecule has 0 aliphatic heterocycles. The Morgan fingerprint density at radius 1 is 1.37 bits per heavy atom. The second-order valence-electron chi connectivity index (χ2n) is 3.71. The Kier molecular flexibility index (Phi) is 9.45. The zero-order chi connectivity index (χ0) is 11.5. The number of anilines is 1. The summed E-state index contributed by atoms with van der Waals surface area (Å²) in [6, 6.07) is 3.70. The van der Waals surface area contributed by atoms with Crippen LogP contribution in [0.25, 0.3) is 5.65 Å². The van der Waals surface area contributed by atoms with E-state index in [1.165, 1.54) is 0 Å². The van der Waals surface area contributed by atoms with Gasteiger partial charge in [-0.2, -0.15) is 0 Å². The highest BCUT2D eigenvalue weighted by atomic mass is 35.5. The highest BCUT2D eigenvalue weighted by Crippen LogP contribution is 2.12. The number of pyridine rings is 1. The Labute approximate surface area is 131 Å². The van der Waals surface area contributed by atoms with Crippen molar-refractivity contribution in [2.75, 3.05) is 12.3 Å². The third-order valence-electron chi connectivity index (χ3n) is 2.37. The maximum Gasteiger partial charge on any atom is 0.161 e. The standard InChI is InChI=1S/C12H14N4.3ClH/c1-9(7-13)4-5-10-8-15-12-11(14)3-2-6-16(10)12;;;/h2-3,6,8-9H,7,13-14H2,1H3;3*1H. The minimum atomic E-state index is 0. The van der Waals surface area contributed by atoms with Crippen LogP contribution >= 0.6 is 37.2 Å². The van der Waals surface area contributed by atoms with Gasteiger partial charge in [0.2, 0.25) is 0 Å². The Balaban J connectivity index is 0. The molecule has 0 radical (unpaired) electrons. The van der Waals surface area contributed by atoms with Crippen molar-refractivity contribution in [3.63, 3.8) is 0 Å². The maximum absolute atomic E-state index is 5.80. The number of imidazole rings is 1. The summed E-state index contributed by atoms with van der Waals surface area (Å²) in [5.41, 5.74) is 13.5. The van der Waals surface area contributed by atoms with Crippen molar-refractivity contribution >= 4 is 48.6 Å². The van der Waals surface area contributed by atoms with Gasteiger partial charge in [0, 0.05) is 18.7 Å². The molecule has 0 bridgehead atoms. The molecule has 4 N–H and O–H groups in total. The first-order valence-electron chi connectivity index (χ1n) is 5.15. The first-order valence-corrected chi connectivity index (χ1v) is 5.15. The number of nitrogens with two attached hydrogens (primary N) is 2. The third kappa shape index (κ3) is 4.48. The first kappa shape index (κ1) is 20.2. The molecule has 4 nitrogen and oxygen atoms in total. The van der Waals surface area contributed by atoms with Crippen LogP contribution in [-0.2, 0) is 0 Å². The van der Waals surface area contributed by atoms with Crippen molar-refractivity contribution in [3.8, 4) is 11.8 Å². The lowest BCUT2D eigenvalue weighted by Gasteiger charge is -1.98. The van der Waals surface area contributed by atoms with E-state index in [0.29, 0.717) is 12.2 Å². The molecule has 19 heavy (non-hydrogen) atoms. The van der Waals surface area contributed by atoms with Gasteiger partial charge in [0.25, 0.3) is 0 Å². The van der Waals surface area contributed by atoms with E-state index < -0.39 is 0 Å². The minimum absolute atomic E-state index is 0. The first-order chi connectivity index (χ1) is 7.72. The van der Waals surface area contributed by atoms with Crippen LogP contribution < -0.4 is 11.5 Å². The largest absolute Gasteiger partial charge is 0.396 e. The molecular formula is C12H17Cl3N4. The summed E-state index contributed by atoms with van der Waals surface area (Å²) in [5.74, 6) is 6.32. The Bertz CT molecular complexity index is 571. The van der Waals surface area contributed by atoms with E-state index in [0.717, 1.165) is 11.3 Å². The van der Waals surface area contributed by atoms with Gasteiger partial charge in [-0.25, -0.2) is 4.98 Å². The fourth-order valence-electron chi connectivity index (χ4n) is 1.38. The summed E-state index contributed by atoms with van der Waals surface area (Å²) in [7, 11) is 0. The predicted octanol–water partition coefficient (Wildman–Crippen LogP) is 2.13. The normalized spacial score (nSPS) is 10.2. The molecule has 0 aliphatic carbocycles. The number of hydrogen-bond acceptors (Lipinski definition) is 3. The van der Waals surface area contributed by atoms with E-state index in [4.69, 9.17) is 11.5 Å². The predicted molar refractivity (Wildman–Crippen MR) is 86.4 cm³/mol. The van der Waals surface area contributed by atoms with Crippen LogP contribution in [0.1, 0.15) is 12.6 Å². The number of fused-ring (bicyclic) bond motifs is 1. The quantitative estimate of drug-likeness (QED) is 0.790. The average Bonchev–Trinajstić information content (AvgIpc) is 2.70. The van der Waals surface area contributed by atoms with Crippen molar-refractivity contribution in [2.24, 2.45) is 11.7 Å². The summed E-state index contributed by atoms with van der Waals surface area (Å²) in [6.45, 7) is 2.55. The number of nitrogen functional groups attached to an aromatic ring is 1. The zero-order valence-corrected chi connectivity index (χ0v) is 12.8. The number of rotatable bonds is 1.